The monoisotopic (exact) mass is 351 g/mol. The minimum absolute atomic E-state index is 0.480. The molecular weight excluding hydrogens is 334 g/mol. The van der Waals surface area contributed by atoms with Crippen LogP contribution in [-0.4, -0.2) is 25.1 Å². The third kappa shape index (κ3) is 2.55. The van der Waals surface area contributed by atoms with Crippen molar-refractivity contribution in [3.63, 3.8) is 0 Å². The maximum absolute atomic E-state index is 5.46. The van der Waals surface area contributed by atoms with Crippen molar-refractivity contribution in [2.45, 2.75) is 38.6 Å². The summed E-state index contributed by atoms with van der Waals surface area (Å²) < 4.78 is 7.53. The molecule has 0 saturated heterocycles. The van der Waals surface area contributed by atoms with Crippen molar-refractivity contribution in [2.24, 2.45) is 0 Å². The minimum Gasteiger partial charge on any atom is -0.334 e. The van der Waals surface area contributed by atoms with Gasteiger partial charge in [-0.3, -0.25) is 0 Å². The largest absolute Gasteiger partial charge is 0.334 e. The molecule has 1 fully saturated rings. The first-order valence-corrected chi connectivity index (χ1v) is 9.35. The number of fused-ring (bicyclic) bond motifs is 1. The molecule has 0 N–H and O–H groups in total. The van der Waals surface area contributed by atoms with Crippen LogP contribution < -0.4 is 0 Å². The summed E-state index contributed by atoms with van der Waals surface area (Å²) >= 11 is 1.66. The summed E-state index contributed by atoms with van der Waals surface area (Å²) in [4.78, 5) is 6.78. The van der Waals surface area contributed by atoms with Gasteiger partial charge in [0.1, 0.15) is 5.52 Å². The molecule has 4 aromatic rings. The van der Waals surface area contributed by atoms with Crippen molar-refractivity contribution in [2.75, 3.05) is 0 Å². The topological polar surface area (TPSA) is 69.6 Å². The van der Waals surface area contributed by atoms with Crippen molar-refractivity contribution >= 4 is 22.4 Å². The lowest BCUT2D eigenvalue weighted by Crippen LogP contribution is -2.06. The van der Waals surface area contributed by atoms with Crippen LogP contribution in [0, 0.1) is 6.92 Å². The van der Waals surface area contributed by atoms with Gasteiger partial charge in [-0.1, -0.05) is 23.2 Å². The molecule has 1 saturated carbocycles. The summed E-state index contributed by atoms with van der Waals surface area (Å²) in [6, 6.07) is 10.6. The van der Waals surface area contributed by atoms with E-state index in [-0.39, 0.29) is 0 Å². The molecule has 5 rings (SSSR count). The number of benzene rings is 1. The standard InChI is InChI=1S/C18H17N5OS/c1-11-6-9-16(25-11)17-19-18(24-21-17)12-7-8-15-14(10-12)20-22-23(15)13-4-2-3-5-13/h6-10,13H,2-5H2,1H3. The number of aryl methyl sites for hydroxylation is 1. The van der Waals surface area contributed by atoms with Crippen molar-refractivity contribution in [3.8, 4) is 22.2 Å². The highest BCUT2D eigenvalue weighted by Crippen LogP contribution is 2.32. The summed E-state index contributed by atoms with van der Waals surface area (Å²) in [5.41, 5.74) is 2.82. The Bertz CT molecular complexity index is 1040. The molecule has 25 heavy (non-hydrogen) atoms. The second-order valence-electron chi connectivity index (χ2n) is 6.51. The van der Waals surface area contributed by atoms with E-state index in [2.05, 4.69) is 44.2 Å². The first kappa shape index (κ1) is 14.8. The van der Waals surface area contributed by atoms with Crippen LogP contribution in [0.25, 0.3) is 33.2 Å². The van der Waals surface area contributed by atoms with E-state index in [1.54, 1.807) is 11.3 Å². The molecule has 0 amide bonds. The molecular formula is C18H17N5OS. The van der Waals surface area contributed by atoms with Gasteiger partial charge in [-0.2, -0.15) is 4.98 Å². The Kier molecular flexibility index (Phi) is 3.41. The van der Waals surface area contributed by atoms with E-state index in [9.17, 15) is 0 Å². The molecule has 1 aromatic carbocycles. The van der Waals surface area contributed by atoms with Crippen LogP contribution in [0.1, 0.15) is 36.6 Å². The highest BCUT2D eigenvalue weighted by molar-refractivity contribution is 7.15. The predicted octanol–water partition coefficient (Wildman–Crippen LogP) is 4.63. The third-order valence-corrected chi connectivity index (χ3v) is 5.77. The van der Waals surface area contributed by atoms with E-state index in [0.29, 0.717) is 17.8 Å². The van der Waals surface area contributed by atoms with Gasteiger partial charge in [0.2, 0.25) is 5.82 Å². The first-order valence-electron chi connectivity index (χ1n) is 8.54. The second kappa shape index (κ2) is 5.77. The predicted molar refractivity (Wildman–Crippen MR) is 96.4 cm³/mol. The summed E-state index contributed by atoms with van der Waals surface area (Å²) in [6.45, 7) is 2.07. The van der Waals surface area contributed by atoms with Crippen molar-refractivity contribution in [1.82, 2.24) is 25.1 Å². The molecule has 0 aliphatic heterocycles. The van der Waals surface area contributed by atoms with E-state index in [0.717, 1.165) is 21.5 Å². The van der Waals surface area contributed by atoms with Crippen molar-refractivity contribution in [3.05, 3.63) is 35.2 Å². The van der Waals surface area contributed by atoms with Crippen LogP contribution in [0.2, 0.25) is 0 Å². The first-order chi connectivity index (χ1) is 12.3. The molecule has 1 aliphatic rings. The molecule has 0 radical (unpaired) electrons. The number of aromatic nitrogens is 5. The van der Waals surface area contributed by atoms with Gasteiger partial charge >= 0.3 is 0 Å². The minimum atomic E-state index is 0.480. The summed E-state index contributed by atoms with van der Waals surface area (Å²) in [6.07, 6.45) is 4.93. The molecule has 0 unspecified atom stereocenters. The van der Waals surface area contributed by atoms with Crippen LogP contribution in [0.5, 0.6) is 0 Å². The van der Waals surface area contributed by atoms with E-state index in [1.807, 2.05) is 18.2 Å². The van der Waals surface area contributed by atoms with Gasteiger partial charge < -0.3 is 4.52 Å². The lowest BCUT2D eigenvalue weighted by molar-refractivity contribution is 0.432. The third-order valence-electron chi connectivity index (χ3n) is 4.78. The van der Waals surface area contributed by atoms with E-state index < -0.39 is 0 Å². The molecule has 0 spiro atoms. The zero-order valence-electron chi connectivity index (χ0n) is 13.8. The molecule has 3 aromatic heterocycles. The quantitative estimate of drug-likeness (QED) is 0.538. The Morgan fingerprint density at radius 2 is 2.04 bits per heavy atom. The van der Waals surface area contributed by atoms with Crippen LogP contribution in [0.3, 0.4) is 0 Å². The molecule has 7 heteroatoms. The fourth-order valence-corrected chi connectivity index (χ4v) is 4.28. The smallest absolute Gasteiger partial charge is 0.258 e. The summed E-state index contributed by atoms with van der Waals surface area (Å²) in [7, 11) is 0. The molecule has 0 atom stereocenters. The van der Waals surface area contributed by atoms with Gasteiger partial charge in [-0.25, -0.2) is 4.68 Å². The Morgan fingerprint density at radius 1 is 1.16 bits per heavy atom. The van der Waals surface area contributed by atoms with Crippen molar-refractivity contribution < 1.29 is 4.52 Å². The van der Waals surface area contributed by atoms with Crippen LogP contribution >= 0.6 is 11.3 Å². The highest BCUT2D eigenvalue weighted by Gasteiger charge is 2.21. The molecule has 126 valence electrons. The molecule has 1 aliphatic carbocycles. The lowest BCUT2D eigenvalue weighted by atomic mass is 10.2. The fraction of sp³-hybridized carbons (Fsp3) is 0.333. The maximum atomic E-state index is 5.46. The van der Waals surface area contributed by atoms with E-state index >= 15 is 0 Å². The number of hydrogen-bond donors (Lipinski definition) is 0. The van der Waals surface area contributed by atoms with Gasteiger partial charge in [-0.15, -0.1) is 16.4 Å². The van der Waals surface area contributed by atoms with E-state index in [4.69, 9.17) is 4.52 Å². The normalized spacial score (nSPS) is 15.4. The van der Waals surface area contributed by atoms with Gasteiger partial charge in [-0.05, 0) is 50.1 Å². The highest BCUT2D eigenvalue weighted by atomic mass is 32.1. The van der Waals surface area contributed by atoms with Crippen LogP contribution in [0.15, 0.2) is 34.9 Å². The molecule has 0 bridgehead atoms. The lowest BCUT2D eigenvalue weighted by Gasteiger charge is -2.09. The van der Waals surface area contributed by atoms with Crippen molar-refractivity contribution in [1.29, 1.82) is 0 Å². The van der Waals surface area contributed by atoms with E-state index in [1.165, 1.54) is 30.6 Å². The van der Waals surface area contributed by atoms with Crippen LogP contribution in [-0.2, 0) is 0 Å². The zero-order chi connectivity index (χ0) is 16.8. The average molecular weight is 351 g/mol. The number of hydrogen-bond acceptors (Lipinski definition) is 6. The Morgan fingerprint density at radius 3 is 2.84 bits per heavy atom. The number of nitrogens with zero attached hydrogens (tertiary/aromatic N) is 5. The molecule has 6 nitrogen and oxygen atoms in total. The Labute approximate surface area is 148 Å². The Hall–Kier alpha value is -2.54. The Balaban J connectivity index is 1.50. The number of thiophene rings is 1. The number of rotatable bonds is 3. The SMILES string of the molecule is Cc1ccc(-c2noc(-c3ccc4c(c3)nnn4C3CCCC3)n2)s1. The summed E-state index contributed by atoms with van der Waals surface area (Å²) in [5.74, 6) is 1.14. The van der Waals surface area contributed by atoms with Gasteiger partial charge in [0.15, 0.2) is 0 Å². The van der Waals surface area contributed by atoms with Gasteiger partial charge in [0.05, 0.1) is 16.4 Å². The molecule has 3 heterocycles. The fourth-order valence-electron chi connectivity index (χ4n) is 3.49. The van der Waals surface area contributed by atoms with Gasteiger partial charge in [0.25, 0.3) is 5.89 Å². The zero-order valence-corrected chi connectivity index (χ0v) is 14.7. The maximum Gasteiger partial charge on any atom is 0.258 e. The van der Waals surface area contributed by atoms with Crippen LogP contribution in [0.4, 0.5) is 0 Å². The average Bonchev–Trinajstić information content (AvgIpc) is 3.39. The summed E-state index contributed by atoms with van der Waals surface area (Å²) in [5, 5.41) is 12.8. The second-order valence-corrected chi connectivity index (χ2v) is 7.80. The van der Waals surface area contributed by atoms with Gasteiger partial charge in [0, 0.05) is 10.4 Å².